The van der Waals surface area contributed by atoms with Crippen molar-refractivity contribution in [1.82, 2.24) is 35.1 Å². The predicted molar refractivity (Wildman–Crippen MR) is 227 cm³/mol. The Kier molecular flexibility index (Phi) is 12.5. The van der Waals surface area contributed by atoms with Crippen LogP contribution in [0.1, 0.15) is 76.5 Å². The first-order chi connectivity index (χ1) is 28.6. The summed E-state index contributed by atoms with van der Waals surface area (Å²) in [7, 11) is 1.31. The first-order valence-corrected chi connectivity index (χ1v) is 21.4. The van der Waals surface area contributed by atoms with E-state index in [4.69, 9.17) is 35.8 Å². The van der Waals surface area contributed by atoms with Gasteiger partial charge in [0.05, 0.1) is 30.7 Å². The lowest BCUT2D eigenvalue weighted by Gasteiger charge is -2.34. The summed E-state index contributed by atoms with van der Waals surface area (Å²) in [6, 6.07) is 17.8. The van der Waals surface area contributed by atoms with Crippen molar-refractivity contribution in [1.29, 1.82) is 0 Å². The maximum absolute atomic E-state index is 14.1. The minimum atomic E-state index is -0.687. The van der Waals surface area contributed by atoms with Crippen molar-refractivity contribution in [2.24, 2.45) is 17.8 Å². The van der Waals surface area contributed by atoms with Crippen LogP contribution in [0.4, 0.5) is 4.79 Å². The quantitative estimate of drug-likeness (QED) is 0.114. The number of methoxy groups -OCH3 is 1. The lowest BCUT2D eigenvalue weighted by atomic mass is 9.90. The molecule has 3 N–H and O–H groups in total. The van der Waals surface area contributed by atoms with E-state index in [0.29, 0.717) is 80.6 Å². The number of halogens is 1. The number of hydrogen-bond acceptors (Lipinski definition) is 8. The molecule has 3 fully saturated rings. The zero-order valence-electron chi connectivity index (χ0n) is 34.1. The van der Waals surface area contributed by atoms with Crippen molar-refractivity contribution in [2.75, 3.05) is 46.6 Å². The highest BCUT2D eigenvalue weighted by atomic mass is 35.5. The largest absolute Gasteiger partial charge is 0.453 e. The van der Waals surface area contributed by atoms with Crippen molar-refractivity contribution in [2.45, 2.75) is 77.4 Å². The normalized spacial score (nSPS) is 18.5. The van der Waals surface area contributed by atoms with Crippen molar-refractivity contribution < 1.29 is 28.6 Å². The number of nitrogens with zero attached hydrogens (tertiary/aromatic N) is 4. The number of aromatic nitrogens is 4. The highest BCUT2D eigenvalue weighted by molar-refractivity contribution is 6.31. The van der Waals surface area contributed by atoms with Crippen molar-refractivity contribution in [3.05, 3.63) is 71.4 Å². The molecule has 3 aliphatic heterocycles. The molecule has 14 heteroatoms. The minimum absolute atomic E-state index is 0.0289. The molecule has 0 saturated carbocycles. The van der Waals surface area contributed by atoms with E-state index < -0.39 is 12.1 Å². The van der Waals surface area contributed by atoms with E-state index in [1.54, 1.807) is 0 Å². The number of likely N-dealkylation sites (tertiary alicyclic amines) is 1. The molecule has 3 aromatic carbocycles. The van der Waals surface area contributed by atoms with E-state index in [9.17, 15) is 14.4 Å². The summed E-state index contributed by atoms with van der Waals surface area (Å²) in [6.45, 7) is 8.42. The molecule has 5 heterocycles. The summed E-state index contributed by atoms with van der Waals surface area (Å²) >= 11 is 6.72. The number of nitrogens with one attached hydrogen (secondary N) is 3. The number of fused-ring (bicyclic) bond motifs is 3. The fraction of sp³-hybridized carbons (Fsp3) is 0.489. The molecule has 0 bridgehead atoms. The van der Waals surface area contributed by atoms with Crippen LogP contribution in [0.2, 0.25) is 5.15 Å². The Hall–Kier alpha value is -4.98. The first kappa shape index (κ1) is 40.8. The topological polar surface area (TPSA) is 155 Å². The van der Waals surface area contributed by atoms with Gasteiger partial charge in [0, 0.05) is 56.9 Å². The van der Waals surface area contributed by atoms with Gasteiger partial charge in [-0.3, -0.25) is 9.59 Å². The number of rotatable bonds is 12. The third-order valence-electron chi connectivity index (χ3n) is 12.1. The SMILES string of the molecule is COC(=O)NC(C(=O)N1CCCC1c1nc2c(ccc3cc(-c4ccc(-c5nc(CN(CC(C)C)C(=O)CC6CCOCC6)[nH]c5Cl)cc4)ccc32)[nH]1)C1CCOCC1. The molecule has 312 valence electrons. The Labute approximate surface area is 349 Å². The Bertz CT molecular complexity index is 2280. The van der Waals surface area contributed by atoms with Gasteiger partial charge in [-0.05, 0) is 84.9 Å². The molecule has 5 aromatic rings. The van der Waals surface area contributed by atoms with Crippen LogP contribution in [0.15, 0.2) is 54.6 Å². The number of ether oxygens (including phenoxy) is 3. The van der Waals surface area contributed by atoms with E-state index in [-0.39, 0.29) is 23.8 Å². The minimum Gasteiger partial charge on any atom is -0.453 e. The van der Waals surface area contributed by atoms with Crippen LogP contribution in [0, 0.1) is 17.8 Å². The number of hydrogen-bond donors (Lipinski definition) is 3. The van der Waals surface area contributed by atoms with Crippen molar-refractivity contribution >= 4 is 51.3 Å². The number of aromatic amines is 2. The Morgan fingerprint density at radius 3 is 2.36 bits per heavy atom. The lowest BCUT2D eigenvalue weighted by Crippen LogP contribution is -2.53. The zero-order chi connectivity index (χ0) is 41.0. The molecule has 2 atom stereocenters. The van der Waals surface area contributed by atoms with Crippen LogP contribution in [0.25, 0.3) is 44.2 Å². The van der Waals surface area contributed by atoms with Crippen molar-refractivity contribution in [3.8, 4) is 22.4 Å². The fourth-order valence-electron chi connectivity index (χ4n) is 8.96. The number of carbonyl (C=O) groups excluding carboxylic acids is 3. The van der Waals surface area contributed by atoms with Gasteiger partial charge in [-0.25, -0.2) is 14.8 Å². The summed E-state index contributed by atoms with van der Waals surface area (Å²) in [5.41, 5.74) is 5.41. The fourth-order valence-corrected chi connectivity index (χ4v) is 9.22. The molecule has 3 aliphatic rings. The van der Waals surface area contributed by atoms with Gasteiger partial charge in [0.1, 0.15) is 28.5 Å². The van der Waals surface area contributed by atoms with Gasteiger partial charge in [-0.2, -0.15) is 0 Å². The van der Waals surface area contributed by atoms with E-state index in [1.807, 2.05) is 28.0 Å². The molecule has 59 heavy (non-hydrogen) atoms. The summed E-state index contributed by atoms with van der Waals surface area (Å²) in [4.78, 5) is 60.3. The van der Waals surface area contributed by atoms with Gasteiger partial charge < -0.3 is 39.3 Å². The molecule has 0 radical (unpaired) electrons. The maximum Gasteiger partial charge on any atom is 0.407 e. The molecule has 3 amide bonds. The average Bonchev–Trinajstić information content (AvgIpc) is 4.01. The summed E-state index contributed by atoms with van der Waals surface area (Å²) in [5, 5.41) is 5.35. The maximum atomic E-state index is 14.1. The Morgan fingerprint density at radius 2 is 1.63 bits per heavy atom. The van der Waals surface area contributed by atoms with E-state index in [1.165, 1.54) is 7.11 Å². The second kappa shape index (κ2) is 18.1. The number of benzene rings is 3. The molecule has 0 spiro atoms. The second-order valence-corrected chi connectivity index (χ2v) is 17.0. The van der Waals surface area contributed by atoms with E-state index in [0.717, 1.165) is 83.2 Å². The van der Waals surface area contributed by atoms with Gasteiger partial charge in [0.2, 0.25) is 11.8 Å². The number of amides is 3. The van der Waals surface area contributed by atoms with Crippen LogP contribution in [-0.2, 0) is 30.3 Å². The Balaban J connectivity index is 0.976. The number of carbonyl (C=O) groups is 3. The van der Waals surface area contributed by atoms with Crippen LogP contribution in [0.5, 0.6) is 0 Å². The predicted octanol–water partition coefficient (Wildman–Crippen LogP) is 8.04. The molecule has 2 aromatic heterocycles. The standard InChI is InChI=1S/C45H54ClN7O6/c1-27(2)25-52(38(54)23-28-14-19-58-20-15-28)26-37-48-39(42(46)49-37)30-8-6-29(7-9-30)32-10-12-34-33(24-32)11-13-35-41(34)50-43(47-35)36-5-4-18-53(36)44(55)40(51-45(56)57-3)31-16-21-59-22-17-31/h6-13,24,27-28,31,36,40H,4-5,14-23,25-26H2,1-3H3,(H,47,50)(H,48,49)(H,51,56). The molecule has 13 nitrogen and oxygen atoms in total. The third-order valence-corrected chi connectivity index (χ3v) is 12.4. The number of alkyl carbamates (subject to hydrolysis) is 1. The van der Waals surface area contributed by atoms with Crippen LogP contribution < -0.4 is 5.32 Å². The third kappa shape index (κ3) is 9.12. The van der Waals surface area contributed by atoms with Gasteiger partial charge >= 0.3 is 6.09 Å². The zero-order valence-corrected chi connectivity index (χ0v) is 34.9. The van der Waals surface area contributed by atoms with Gasteiger partial charge in [-0.15, -0.1) is 0 Å². The molecule has 3 saturated heterocycles. The van der Waals surface area contributed by atoms with E-state index in [2.05, 4.69) is 65.5 Å². The highest BCUT2D eigenvalue weighted by Gasteiger charge is 2.40. The lowest BCUT2D eigenvalue weighted by molar-refractivity contribution is -0.137. The van der Waals surface area contributed by atoms with Gasteiger partial charge in [-0.1, -0.05) is 67.9 Å². The van der Waals surface area contributed by atoms with Crippen LogP contribution >= 0.6 is 11.6 Å². The summed E-state index contributed by atoms with van der Waals surface area (Å²) < 4.78 is 15.9. The number of H-pyrrole nitrogens is 2. The molecule has 0 aliphatic carbocycles. The Morgan fingerprint density at radius 1 is 0.915 bits per heavy atom. The van der Waals surface area contributed by atoms with Gasteiger partial charge in [0.15, 0.2) is 0 Å². The van der Waals surface area contributed by atoms with Crippen LogP contribution in [-0.4, -0.2) is 100 Å². The molecular formula is C45H54ClN7O6. The second-order valence-electron chi connectivity index (χ2n) is 16.6. The smallest absolute Gasteiger partial charge is 0.407 e. The molecule has 8 rings (SSSR count). The highest BCUT2D eigenvalue weighted by Crippen LogP contribution is 2.36. The van der Waals surface area contributed by atoms with Crippen molar-refractivity contribution in [3.63, 3.8) is 0 Å². The summed E-state index contributed by atoms with van der Waals surface area (Å²) in [5.74, 6) is 2.10. The monoisotopic (exact) mass is 823 g/mol. The van der Waals surface area contributed by atoms with Gasteiger partial charge in [0.25, 0.3) is 0 Å². The molecule has 2 unspecified atom stereocenters. The van der Waals surface area contributed by atoms with Crippen LogP contribution in [0.3, 0.4) is 0 Å². The first-order valence-electron chi connectivity index (χ1n) is 21.0. The average molecular weight is 824 g/mol. The summed E-state index contributed by atoms with van der Waals surface area (Å²) in [6.07, 6.45) is 4.77. The van der Waals surface area contributed by atoms with E-state index >= 15 is 0 Å². The molecular weight excluding hydrogens is 770 g/mol. The number of imidazole rings is 2.